The van der Waals surface area contributed by atoms with Crippen LogP contribution in [0.4, 0.5) is 0 Å². The number of imidazole rings is 1. The van der Waals surface area contributed by atoms with Crippen molar-refractivity contribution in [3.05, 3.63) is 35.9 Å². The number of aryl methyl sites for hydroxylation is 1. The first-order valence-corrected chi connectivity index (χ1v) is 9.66. The average molecular weight is 358 g/mol. The molecule has 0 spiro atoms. The van der Waals surface area contributed by atoms with Crippen molar-refractivity contribution in [3.63, 3.8) is 0 Å². The van der Waals surface area contributed by atoms with Crippen molar-refractivity contribution in [2.24, 2.45) is 5.92 Å². The number of hydrogen-bond donors (Lipinski definition) is 2. The van der Waals surface area contributed by atoms with Crippen LogP contribution in [0.3, 0.4) is 0 Å². The van der Waals surface area contributed by atoms with Crippen LogP contribution in [0, 0.1) is 12.8 Å². The Labute approximate surface area is 155 Å². The highest BCUT2D eigenvalue weighted by Gasteiger charge is 2.50. The van der Waals surface area contributed by atoms with E-state index < -0.39 is 0 Å². The predicted octanol–water partition coefficient (Wildman–Crippen LogP) is 2.21. The standard InChI is InChI=1S/C20H30N4O2/c1-13(2)10-20(4,19-22-11-15-14(3)6-5-8-24(15)19)23-18-17(26-18)16-12-21-7-9-25-16/h5-6,8,11,13,16-18,21,23H,7,9-10,12H2,1-4H3/t16-,17?,18?,20?/m0/s1. The van der Waals surface area contributed by atoms with Gasteiger partial charge in [-0.2, -0.15) is 0 Å². The highest BCUT2D eigenvalue weighted by molar-refractivity contribution is 5.53. The number of nitrogens with one attached hydrogen (secondary N) is 2. The molecule has 6 nitrogen and oxygen atoms in total. The van der Waals surface area contributed by atoms with E-state index in [2.05, 4.69) is 61.1 Å². The lowest BCUT2D eigenvalue weighted by atomic mass is 9.89. The molecule has 6 heteroatoms. The molecule has 4 heterocycles. The van der Waals surface area contributed by atoms with Gasteiger partial charge >= 0.3 is 0 Å². The summed E-state index contributed by atoms with van der Waals surface area (Å²) >= 11 is 0. The second-order valence-corrected chi connectivity index (χ2v) is 8.24. The fourth-order valence-corrected chi connectivity index (χ4v) is 4.24. The molecule has 0 saturated carbocycles. The van der Waals surface area contributed by atoms with Crippen LogP contribution in [-0.4, -0.2) is 47.5 Å². The first-order chi connectivity index (χ1) is 12.5. The Kier molecular flexibility index (Phi) is 4.77. The van der Waals surface area contributed by atoms with Gasteiger partial charge in [0.05, 0.1) is 23.9 Å². The van der Waals surface area contributed by atoms with E-state index in [1.807, 2.05) is 6.20 Å². The van der Waals surface area contributed by atoms with Gasteiger partial charge in [0, 0.05) is 19.3 Å². The van der Waals surface area contributed by atoms with Crippen LogP contribution >= 0.6 is 0 Å². The van der Waals surface area contributed by atoms with Gasteiger partial charge in [0.15, 0.2) is 0 Å². The Hall–Kier alpha value is -1.47. The number of nitrogens with zero attached hydrogens (tertiary/aromatic N) is 2. The largest absolute Gasteiger partial charge is 0.373 e. The molecule has 0 radical (unpaired) electrons. The summed E-state index contributed by atoms with van der Waals surface area (Å²) in [6, 6.07) is 4.21. The molecule has 4 atom stereocenters. The van der Waals surface area contributed by atoms with Crippen molar-refractivity contribution in [2.75, 3.05) is 19.7 Å². The zero-order chi connectivity index (χ0) is 18.3. The van der Waals surface area contributed by atoms with Crippen molar-refractivity contribution in [3.8, 4) is 0 Å². The zero-order valence-corrected chi connectivity index (χ0v) is 16.2. The molecule has 4 rings (SSSR count). The molecule has 2 aliphatic heterocycles. The van der Waals surface area contributed by atoms with Gasteiger partial charge in [0.25, 0.3) is 0 Å². The zero-order valence-electron chi connectivity index (χ0n) is 16.2. The summed E-state index contributed by atoms with van der Waals surface area (Å²) in [6.45, 7) is 11.4. The number of aromatic nitrogens is 2. The van der Waals surface area contributed by atoms with Crippen LogP contribution in [-0.2, 0) is 15.0 Å². The number of hydrogen-bond acceptors (Lipinski definition) is 5. The van der Waals surface area contributed by atoms with Crippen molar-refractivity contribution >= 4 is 5.52 Å². The maximum Gasteiger partial charge on any atom is 0.138 e. The topological polar surface area (TPSA) is 63.1 Å². The molecule has 2 aromatic rings. The Bertz CT molecular complexity index is 768. The first kappa shape index (κ1) is 17.9. The van der Waals surface area contributed by atoms with Crippen LogP contribution in [0.2, 0.25) is 0 Å². The van der Waals surface area contributed by atoms with E-state index >= 15 is 0 Å². The summed E-state index contributed by atoms with van der Waals surface area (Å²) in [5.41, 5.74) is 2.13. The molecule has 2 aromatic heterocycles. The summed E-state index contributed by atoms with van der Waals surface area (Å²) in [6.07, 6.45) is 5.32. The van der Waals surface area contributed by atoms with Gasteiger partial charge in [0.2, 0.25) is 0 Å². The number of morpholine rings is 1. The lowest BCUT2D eigenvalue weighted by Crippen LogP contribution is -2.47. The third kappa shape index (κ3) is 3.39. The fourth-order valence-electron chi connectivity index (χ4n) is 4.24. The Morgan fingerprint density at radius 3 is 3.04 bits per heavy atom. The van der Waals surface area contributed by atoms with Gasteiger partial charge < -0.3 is 19.2 Å². The van der Waals surface area contributed by atoms with Gasteiger partial charge in [-0.05, 0) is 37.8 Å². The Balaban J connectivity index is 1.58. The summed E-state index contributed by atoms with van der Waals surface area (Å²) in [7, 11) is 0. The summed E-state index contributed by atoms with van der Waals surface area (Å²) in [5.74, 6) is 1.58. The molecule has 0 aromatic carbocycles. The molecular formula is C20H30N4O2. The van der Waals surface area contributed by atoms with E-state index in [4.69, 9.17) is 14.5 Å². The molecule has 2 saturated heterocycles. The number of rotatable bonds is 6. The van der Waals surface area contributed by atoms with Gasteiger partial charge in [0.1, 0.15) is 24.3 Å². The first-order valence-electron chi connectivity index (χ1n) is 9.66. The lowest BCUT2D eigenvalue weighted by molar-refractivity contribution is 0.0112. The van der Waals surface area contributed by atoms with Crippen LogP contribution in [0.5, 0.6) is 0 Å². The van der Waals surface area contributed by atoms with Crippen molar-refractivity contribution in [1.82, 2.24) is 20.0 Å². The van der Waals surface area contributed by atoms with Gasteiger partial charge in [-0.3, -0.25) is 5.32 Å². The van der Waals surface area contributed by atoms with Crippen LogP contribution in [0.15, 0.2) is 24.5 Å². The predicted molar refractivity (Wildman–Crippen MR) is 101 cm³/mol. The quantitative estimate of drug-likeness (QED) is 0.775. The minimum absolute atomic E-state index is 0.0146. The molecule has 0 bridgehead atoms. The SMILES string of the molecule is Cc1cccn2c(C(C)(CC(C)C)NC3OC3[C@@H]3CNCCO3)ncc12. The monoisotopic (exact) mass is 358 g/mol. The molecule has 2 aliphatic rings. The second kappa shape index (κ2) is 6.93. The molecule has 2 N–H and O–H groups in total. The number of pyridine rings is 1. The van der Waals surface area contributed by atoms with Crippen LogP contribution in [0.25, 0.3) is 5.52 Å². The fraction of sp³-hybridized carbons (Fsp3) is 0.650. The highest BCUT2D eigenvalue weighted by Crippen LogP contribution is 2.34. The maximum absolute atomic E-state index is 5.95. The molecule has 0 amide bonds. The summed E-state index contributed by atoms with van der Waals surface area (Å²) in [4.78, 5) is 4.80. The van der Waals surface area contributed by atoms with Gasteiger partial charge in [-0.15, -0.1) is 0 Å². The van der Waals surface area contributed by atoms with Gasteiger partial charge in [-0.25, -0.2) is 4.98 Å². The van der Waals surface area contributed by atoms with Crippen molar-refractivity contribution < 1.29 is 9.47 Å². The maximum atomic E-state index is 5.95. The average Bonchev–Trinajstić information content (AvgIpc) is 3.20. The van der Waals surface area contributed by atoms with Crippen molar-refractivity contribution in [2.45, 2.75) is 58.1 Å². The van der Waals surface area contributed by atoms with Crippen LogP contribution < -0.4 is 10.6 Å². The molecule has 142 valence electrons. The van der Waals surface area contributed by atoms with E-state index in [1.54, 1.807) is 0 Å². The Morgan fingerprint density at radius 1 is 1.46 bits per heavy atom. The van der Waals surface area contributed by atoms with Crippen molar-refractivity contribution in [1.29, 1.82) is 0 Å². The van der Waals surface area contributed by atoms with Crippen LogP contribution in [0.1, 0.15) is 38.6 Å². The van der Waals surface area contributed by atoms with E-state index in [9.17, 15) is 0 Å². The number of ether oxygens (including phenoxy) is 2. The minimum atomic E-state index is -0.268. The third-order valence-electron chi connectivity index (χ3n) is 5.40. The van der Waals surface area contributed by atoms with E-state index in [0.29, 0.717) is 5.92 Å². The molecule has 2 fully saturated rings. The molecule has 0 aliphatic carbocycles. The van der Waals surface area contributed by atoms with E-state index in [1.165, 1.54) is 5.56 Å². The second-order valence-electron chi connectivity index (χ2n) is 8.24. The van der Waals surface area contributed by atoms with E-state index in [0.717, 1.165) is 37.5 Å². The third-order valence-corrected chi connectivity index (χ3v) is 5.40. The molecule has 3 unspecified atom stereocenters. The summed E-state index contributed by atoms with van der Waals surface area (Å²) in [5, 5.41) is 7.13. The van der Waals surface area contributed by atoms with E-state index in [-0.39, 0.29) is 24.0 Å². The normalized spacial score (nSPS) is 28.4. The molecule has 26 heavy (non-hydrogen) atoms. The lowest BCUT2D eigenvalue weighted by Gasteiger charge is -2.31. The Morgan fingerprint density at radius 2 is 2.31 bits per heavy atom. The van der Waals surface area contributed by atoms with Gasteiger partial charge in [-0.1, -0.05) is 19.9 Å². The number of fused-ring (bicyclic) bond motifs is 1. The summed E-state index contributed by atoms with van der Waals surface area (Å²) < 4.78 is 14.0. The molecular weight excluding hydrogens is 328 g/mol. The highest BCUT2D eigenvalue weighted by atomic mass is 16.6. The number of epoxide rings is 1. The minimum Gasteiger partial charge on any atom is -0.373 e. The smallest absolute Gasteiger partial charge is 0.138 e.